The number of ether oxygens (including phenoxy) is 1. The molecule has 0 aliphatic carbocycles. The molecule has 0 aromatic carbocycles. The first-order valence-corrected chi connectivity index (χ1v) is 8.08. The second-order valence-corrected chi connectivity index (χ2v) is 6.47. The summed E-state index contributed by atoms with van der Waals surface area (Å²) in [6.45, 7) is 0.995. The van der Waals surface area contributed by atoms with Crippen LogP contribution in [-0.2, 0) is 10.9 Å². The summed E-state index contributed by atoms with van der Waals surface area (Å²) in [6, 6.07) is 1.71. The quantitative estimate of drug-likeness (QED) is 0.651. The fraction of sp³-hybridized carbons (Fsp3) is 0.267. The van der Waals surface area contributed by atoms with Crippen LogP contribution in [0.3, 0.4) is 0 Å². The molecule has 0 atom stereocenters. The van der Waals surface area contributed by atoms with E-state index in [1.807, 2.05) is 4.57 Å². The third-order valence-electron chi connectivity index (χ3n) is 4.07. The van der Waals surface area contributed by atoms with Gasteiger partial charge in [0.2, 0.25) is 5.95 Å². The highest BCUT2D eigenvalue weighted by Gasteiger charge is 2.36. The number of aromatic nitrogens is 4. The molecule has 0 saturated carbocycles. The van der Waals surface area contributed by atoms with Gasteiger partial charge in [-0.25, -0.2) is 15.0 Å². The maximum Gasteiger partial charge on any atom is 0.419 e. The molecule has 1 aliphatic heterocycles. The SMILES string of the molecule is Nc1ncc(C(F)(F)F)c(-c2cn(C3COC3)c3cnc(Br)cc23)n1. The van der Waals surface area contributed by atoms with Crippen LogP contribution in [-0.4, -0.2) is 32.7 Å². The lowest BCUT2D eigenvalue weighted by molar-refractivity contribution is -0.137. The first-order chi connectivity index (χ1) is 11.8. The van der Waals surface area contributed by atoms with Gasteiger partial charge in [0.1, 0.15) is 10.2 Å². The van der Waals surface area contributed by atoms with E-state index >= 15 is 0 Å². The highest BCUT2D eigenvalue weighted by molar-refractivity contribution is 9.10. The minimum absolute atomic E-state index is 0.0488. The Labute approximate surface area is 148 Å². The lowest BCUT2D eigenvalue weighted by Crippen LogP contribution is -2.30. The Morgan fingerprint density at radius 3 is 2.64 bits per heavy atom. The average Bonchev–Trinajstić information content (AvgIpc) is 2.82. The summed E-state index contributed by atoms with van der Waals surface area (Å²) in [5.41, 5.74) is 5.40. The Morgan fingerprint density at radius 1 is 1.24 bits per heavy atom. The maximum absolute atomic E-state index is 13.4. The smallest absolute Gasteiger partial charge is 0.377 e. The zero-order valence-corrected chi connectivity index (χ0v) is 14.2. The van der Waals surface area contributed by atoms with Crippen LogP contribution in [0.25, 0.3) is 22.2 Å². The van der Waals surface area contributed by atoms with E-state index < -0.39 is 11.7 Å². The molecule has 0 bridgehead atoms. The van der Waals surface area contributed by atoms with E-state index in [1.165, 1.54) is 0 Å². The number of alkyl halides is 3. The molecule has 0 amide bonds. The molecular formula is C15H11BrF3N5O. The molecule has 2 N–H and O–H groups in total. The minimum Gasteiger partial charge on any atom is -0.377 e. The Bertz CT molecular complexity index is 968. The Balaban J connectivity index is 2.02. The van der Waals surface area contributed by atoms with Crippen molar-refractivity contribution in [1.82, 2.24) is 19.5 Å². The first kappa shape index (κ1) is 16.3. The molecule has 3 aromatic heterocycles. The zero-order chi connectivity index (χ0) is 17.8. The molecule has 1 saturated heterocycles. The van der Waals surface area contributed by atoms with Gasteiger partial charge >= 0.3 is 6.18 Å². The predicted octanol–water partition coefficient (Wildman–Crippen LogP) is 3.43. The van der Waals surface area contributed by atoms with E-state index in [0.717, 1.165) is 0 Å². The van der Waals surface area contributed by atoms with Crippen LogP contribution in [0.4, 0.5) is 19.1 Å². The summed E-state index contributed by atoms with van der Waals surface area (Å²) < 4.78 is 47.8. The number of nitrogens with zero attached hydrogens (tertiary/aromatic N) is 4. The van der Waals surface area contributed by atoms with Gasteiger partial charge in [-0.05, 0) is 22.0 Å². The Hall–Kier alpha value is -2.20. The van der Waals surface area contributed by atoms with Crippen molar-refractivity contribution >= 4 is 32.8 Å². The topological polar surface area (TPSA) is 78.8 Å². The molecule has 0 spiro atoms. The van der Waals surface area contributed by atoms with Crippen LogP contribution in [0.15, 0.2) is 29.3 Å². The highest BCUT2D eigenvalue weighted by atomic mass is 79.9. The van der Waals surface area contributed by atoms with Gasteiger partial charge in [-0.2, -0.15) is 13.2 Å². The van der Waals surface area contributed by atoms with Crippen LogP contribution in [0, 0.1) is 0 Å². The van der Waals surface area contributed by atoms with Crippen molar-refractivity contribution < 1.29 is 17.9 Å². The van der Waals surface area contributed by atoms with E-state index in [-0.39, 0.29) is 17.7 Å². The summed E-state index contributed by atoms with van der Waals surface area (Å²) in [5, 5.41) is 0.595. The van der Waals surface area contributed by atoms with Crippen LogP contribution in [0.5, 0.6) is 0 Å². The largest absolute Gasteiger partial charge is 0.419 e. The van der Waals surface area contributed by atoms with Gasteiger partial charge in [0.05, 0.1) is 36.7 Å². The second-order valence-electron chi connectivity index (χ2n) is 5.65. The molecule has 0 radical (unpaired) electrons. The molecule has 1 aliphatic rings. The van der Waals surface area contributed by atoms with Crippen LogP contribution in [0.1, 0.15) is 11.6 Å². The van der Waals surface area contributed by atoms with Gasteiger partial charge < -0.3 is 15.0 Å². The van der Waals surface area contributed by atoms with Gasteiger partial charge in [-0.15, -0.1) is 0 Å². The van der Waals surface area contributed by atoms with Crippen molar-refractivity contribution in [3.05, 3.63) is 34.8 Å². The van der Waals surface area contributed by atoms with E-state index in [2.05, 4.69) is 30.9 Å². The Kier molecular flexibility index (Phi) is 3.69. The van der Waals surface area contributed by atoms with Crippen molar-refractivity contribution in [2.45, 2.75) is 12.2 Å². The molecule has 4 rings (SSSR count). The first-order valence-electron chi connectivity index (χ1n) is 7.28. The summed E-state index contributed by atoms with van der Waals surface area (Å²) in [7, 11) is 0. The van der Waals surface area contributed by atoms with Crippen LogP contribution >= 0.6 is 15.9 Å². The van der Waals surface area contributed by atoms with Crippen LogP contribution < -0.4 is 5.73 Å². The van der Waals surface area contributed by atoms with Crippen molar-refractivity contribution in [2.75, 3.05) is 18.9 Å². The van der Waals surface area contributed by atoms with E-state index in [1.54, 1.807) is 18.5 Å². The lowest BCUT2D eigenvalue weighted by Gasteiger charge is -2.28. The number of anilines is 1. The van der Waals surface area contributed by atoms with Gasteiger partial charge in [0.15, 0.2) is 0 Å². The summed E-state index contributed by atoms with van der Waals surface area (Å²) in [5.74, 6) is -0.219. The lowest BCUT2D eigenvalue weighted by atomic mass is 10.1. The van der Waals surface area contributed by atoms with E-state index in [0.29, 0.717) is 40.5 Å². The van der Waals surface area contributed by atoms with Crippen molar-refractivity contribution in [1.29, 1.82) is 0 Å². The fourth-order valence-electron chi connectivity index (χ4n) is 2.81. The molecule has 4 heterocycles. The minimum atomic E-state index is -4.60. The molecule has 0 unspecified atom stereocenters. The van der Waals surface area contributed by atoms with Gasteiger partial charge in [-0.3, -0.25) is 0 Å². The number of hydrogen-bond acceptors (Lipinski definition) is 5. The normalized spacial score (nSPS) is 15.5. The van der Waals surface area contributed by atoms with E-state index in [9.17, 15) is 13.2 Å². The molecule has 3 aromatic rings. The summed E-state index contributed by atoms with van der Waals surface area (Å²) >= 11 is 3.26. The monoisotopic (exact) mass is 413 g/mol. The number of fused-ring (bicyclic) bond motifs is 1. The third kappa shape index (κ3) is 2.74. The number of nitrogens with two attached hydrogens (primary N) is 1. The zero-order valence-electron chi connectivity index (χ0n) is 12.6. The number of nitrogen functional groups attached to an aromatic ring is 1. The van der Waals surface area contributed by atoms with Crippen LogP contribution in [0.2, 0.25) is 0 Å². The number of hydrogen-bond donors (Lipinski definition) is 1. The van der Waals surface area contributed by atoms with Crippen molar-refractivity contribution in [2.24, 2.45) is 0 Å². The molecule has 10 heteroatoms. The third-order valence-corrected chi connectivity index (χ3v) is 4.50. The maximum atomic E-state index is 13.4. The molecular weight excluding hydrogens is 403 g/mol. The standard InChI is InChI=1S/C15H11BrF3N5O/c16-12-1-8-9(4-24(7-5-25-6-7)11(8)3-21-12)13-10(15(17,18)19)2-22-14(20)23-13/h1-4,7H,5-6H2,(H2,20,22,23). The van der Waals surface area contributed by atoms with Crippen molar-refractivity contribution in [3.8, 4) is 11.3 Å². The van der Waals surface area contributed by atoms with Gasteiger partial charge in [-0.1, -0.05) is 0 Å². The summed E-state index contributed by atoms with van der Waals surface area (Å²) in [4.78, 5) is 11.5. The second kappa shape index (κ2) is 5.67. The Morgan fingerprint density at radius 2 is 2.00 bits per heavy atom. The number of pyridine rings is 1. The highest BCUT2D eigenvalue weighted by Crippen LogP contribution is 2.40. The van der Waals surface area contributed by atoms with Gasteiger partial charge in [0, 0.05) is 23.3 Å². The fourth-order valence-corrected chi connectivity index (χ4v) is 3.14. The number of rotatable bonds is 2. The average molecular weight is 414 g/mol. The molecule has 1 fully saturated rings. The van der Waals surface area contributed by atoms with Crippen molar-refractivity contribution in [3.63, 3.8) is 0 Å². The predicted molar refractivity (Wildman–Crippen MR) is 87.7 cm³/mol. The molecule has 25 heavy (non-hydrogen) atoms. The molecule has 130 valence electrons. The van der Waals surface area contributed by atoms with E-state index in [4.69, 9.17) is 10.5 Å². The summed E-state index contributed by atoms with van der Waals surface area (Å²) in [6.07, 6.45) is -0.632. The van der Waals surface area contributed by atoms with Gasteiger partial charge in [0.25, 0.3) is 0 Å². The number of halogens is 4. The molecule has 6 nitrogen and oxygen atoms in total.